The predicted octanol–water partition coefficient (Wildman–Crippen LogP) is 1.35. The van der Waals surface area contributed by atoms with Crippen molar-refractivity contribution in [2.75, 3.05) is 6.61 Å². The number of nitrogens with zero attached hydrogens (tertiary/aromatic N) is 1. The summed E-state index contributed by atoms with van der Waals surface area (Å²) in [5.74, 6) is 0.0644. The summed E-state index contributed by atoms with van der Waals surface area (Å²) in [4.78, 5) is 10.6. The number of nitrogens with one attached hydrogen (secondary N) is 1. The maximum atomic E-state index is 10.6. The van der Waals surface area contributed by atoms with Gasteiger partial charge in [-0.1, -0.05) is 37.3 Å². The van der Waals surface area contributed by atoms with E-state index in [0.717, 1.165) is 11.3 Å². The summed E-state index contributed by atoms with van der Waals surface area (Å²) in [6, 6.07) is 9.61. The molecule has 0 radical (unpaired) electrons. The standard InChI is InChI=1S/C13H18N4O2S/c1-9(8-19-13(15)18)7-11(16-17-12(14)20)10-5-3-2-4-6-10/h2-6,9H,7-8H2,1H3,(H2,15,18)(H3,14,17,20). The fourth-order valence-corrected chi connectivity index (χ4v) is 1.64. The maximum Gasteiger partial charge on any atom is 0.404 e. The molecule has 1 rings (SSSR count). The summed E-state index contributed by atoms with van der Waals surface area (Å²) in [7, 11) is 0. The average molecular weight is 294 g/mol. The van der Waals surface area contributed by atoms with Crippen LogP contribution < -0.4 is 16.9 Å². The van der Waals surface area contributed by atoms with Crippen LogP contribution in [-0.2, 0) is 4.74 Å². The van der Waals surface area contributed by atoms with Gasteiger partial charge >= 0.3 is 6.09 Å². The summed E-state index contributed by atoms with van der Waals surface area (Å²) in [6.07, 6.45) is -0.191. The largest absolute Gasteiger partial charge is 0.449 e. The Labute approximate surface area is 123 Å². The highest BCUT2D eigenvalue weighted by Crippen LogP contribution is 2.11. The van der Waals surface area contributed by atoms with Crippen molar-refractivity contribution in [3.63, 3.8) is 0 Å². The van der Waals surface area contributed by atoms with Crippen LogP contribution in [0.2, 0.25) is 0 Å². The van der Waals surface area contributed by atoms with Gasteiger partial charge in [0.1, 0.15) is 0 Å². The first-order valence-electron chi connectivity index (χ1n) is 6.08. The van der Waals surface area contributed by atoms with E-state index in [9.17, 15) is 4.79 Å². The van der Waals surface area contributed by atoms with Crippen LogP contribution in [0.25, 0.3) is 0 Å². The summed E-state index contributed by atoms with van der Waals surface area (Å²) in [6.45, 7) is 2.16. The molecule has 0 aliphatic carbocycles. The van der Waals surface area contributed by atoms with Gasteiger partial charge in [-0.05, 0) is 30.1 Å². The fraction of sp³-hybridized carbons (Fsp3) is 0.308. The first kappa shape index (κ1) is 15.9. The SMILES string of the molecule is CC(COC(N)=O)CC(=NNC(N)=S)c1ccccc1. The Morgan fingerprint density at radius 3 is 2.60 bits per heavy atom. The van der Waals surface area contributed by atoms with Gasteiger partial charge in [-0.2, -0.15) is 5.10 Å². The van der Waals surface area contributed by atoms with Crippen LogP contribution >= 0.6 is 12.2 Å². The second-order valence-corrected chi connectivity index (χ2v) is 4.78. The summed E-state index contributed by atoms with van der Waals surface area (Å²) < 4.78 is 4.78. The molecule has 0 saturated carbocycles. The average Bonchev–Trinajstić information content (AvgIpc) is 2.42. The molecule has 1 aromatic carbocycles. The highest BCUT2D eigenvalue weighted by Gasteiger charge is 2.11. The highest BCUT2D eigenvalue weighted by molar-refractivity contribution is 7.80. The third kappa shape index (κ3) is 6.14. The van der Waals surface area contributed by atoms with E-state index in [2.05, 4.69) is 10.5 Å². The second-order valence-electron chi connectivity index (χ2n) is 4.34. The minimum Gasteiger partial charge on any atom is -0.449 e. The van der Waals surface area contributed by atoms with E-state index in [4.69, 9.17) is 28.4 Å². The number of rotatable bonds is 6. The number of benzene rings is 1. The topological polar surface area (TPSA) is 103 Å². The Hall–Kier alpha value is -2.15. The first-order valence-corrected chi connectivity index (χ1v) is 6.49. The molecule has 0 aliphatic heterocycles. The van der Waals surface area contributed by atoms with Gasteiger partial charge in [0.25, 0.3) is 0 Å². The highest BCUT2D eigenvalue weighted by atomic mass is 32.1. The first-order chi connectivity index (χ1) is 9.49. The minimum atomic E-state index is -0.781. The van der Waals surface area contributed by atoms with Crippen molar-refractivity contribution in [3.8, 4) is 0 Å². The van der Waals surface area contributed by atoms with Gasteiger partial charge in [-0.3, -0.25) is 5.43 Å². The Bertz CT molecular complexity index is 490. The number of carbonyl (C=O) groups is 1. The maximum absolute atomic E-state index is 10.6. The van der Waals surface area contributed by atoms with Crippen molar-refractivity contribution >= 4 is 29.1 Å². The Kier molecular flexibility index (Phi) is 6.45. The van der Waals surface area contributed by atoms with E-state index in [1.54, 1.807) is 0 Å². The number of amides is 1. The van der Waals surface area contributed by atoms with Crippen molar-refractivity contribution < 1.29 is 9.53 Å². The Morgan fingerprint density at radius 2 is 2.05 bits per heavy atom. The number of hydrogen-bond acceptors (Lipinski definition) is 4. The van der Waals surface area contributed by atoms with Crippen molar-refractivity contribution in [3.05, 3.63) is 35.9 Å². The van der Waals surface area contributed by atoms with Crippen molar-refractivity contribution in [2.24, 2.45) is 22.5 Å². The molecule has 1 amide bonds. The van der Waals surface area contributed by atoms with Gasteiger partial charge in [0.05, 0.1) is 12.3 Å². The molecule has 0 heterocycles. The second kappa shape index (κ2) is 8.11. The third-order valence-electron chi connectivity index (χ3n) is 2.46. The van der Waals surface area contributed by atoms with Crippen molar-refractivity contribution in [2.45, 2.75) is 13.3 Å². The van der Waals surface area contributed by atoms with E-state index in [1.165, 1.54) is 0 Å². The van der Waals surface area contributed by atoms with E-state index in [-0.39, 0.29) is 17.6 Å². The summed E-state index contributed by atoms with van der Waals surface area (Å²) in [5, 5.41) is 4.29. The molecular weight excluding hydrogens is 276 g/mol. The fourth-order valence-electron chi connectivity index (χ4n) is 1.59. The lowest BCUT2D eigenvalue weighted by molar-refractivity contribution is 0.141. The zero-order chi connectivity index (χ0) is 15.0. The number of hydrogen-bond donors (Lipinski definition) is 3. The van der Waals surface area contributed by atoms with E-state index in [1.807, 2.05) is 37.3 Å². The normalized spacial score (nSPS) is 12.6. The molecule has 1 aromatic rings. The molecule has 0 saturated heterocycles. The number of thiocarbonyl (C=S) groups is 1. The molecule has 5 N–H and O–H groups in total. The van der Waals surface area contributed by atoms with Crippen LogP contribution in [0.3, 0.4) is 0 Å². The third-order valence-corrected chi connectivity index (χ3v) is 2.55. The van der Waals surface area contributed by atoms with Crippen LogP contribution in [0, 0.1) is 5.92 Å². The lowest BCUT2D eigenvalue weighted by atomic mass is 10.00. The molecule has 0 spiro atoms. The number of carbonyl (C=O) groups excluding carboxylic acids is 1. The van der Waals surface area contributed by atoms with Gasteiger partial charge in [0.15, 0.2) is 5.11 Å². The predicted molar refractivity (Wildman–Crippen MR) is 82.2 cm³/mol. The molecule has 7 heteroatoms. The molecule has 0 bridgehead atoms. The molecule has 108 valence electrons. The van der Waals surface area contributed by atoms with Crippen LogP contribution in [0.4, 0.5) is 4.79 Å². The number of nitrogens with two attached hydrogens (primary N) is 2. The van der Waals surface area contributed by atoms with Crippen LogP contribution in [-0.4, -0.2) is 23.5 Å². The van der Waals surface area contributed by atoms with Crippen LogP contribution in [0.5, 0.6) is 0 Å². The molecule has 6 nitrogen and oxygen atoms in total. The van der Waals surface area contributed by atoms with Gasteiger partial charge in [0, 0.05) is 0 Å². The van der Waals surface area contributed by atoms with E-state index in [0.29, 0.717) is 6.42 Å². The zero-order valence-corrected chi connectivity index (χ0v) is 12.0. The molecule has 1 atom stereocenters. The summed E-state index contributed by atoms with van der Waals surface area (Å²) in [5.41, 5.74) is 14.6. The number of ether oxygens (including phenoxy) is 1. The van der Waals surface area contributed by atoms with Crippen LogP contribution in [0.15, 0.2) is 35.4 Å². The van der Waals surface area contributed by atoms with Crippen molar-refractivity contribution in [1.82, 2.24) is 5.43 Å². The lowest BCUT2D eigenvalue weighted by Crippen LogP contribution is -2.26. The summed E-state index contributed by atoms with van der Waals surface area (Å²) >= 11 is 4.74. The van der Waals surface area contributed by atoms with Crippen molar-refractivity contribution in [1.29, 1.82) is 0 Å². The number of hydrazone groups is 1. The smallest absolute Gasteiger partial charge is 0.404 e. The molecule has 1 unspecified atom stereocenters. The minimum absolute atomic E-state index is 0.0644. The van der Waals surface area contributed by atoms with E-state index < -0.39 is 6.09 Å². The lowest BCUT2D eigenvalue weighted by Gasteiger charge is -2.13. The Balaban J connectivity index is 2.76. The molecule has 0 aliphatic rings. The van der Waals surface area contributed by atoms with Gasteiger partial charge in [-0.25, -0.2) is 4.79 Å². The molecule has 20 heavy (non-hydrogen) atoms. The number of primary amides is 1. The quantitative estimate of drug-likeness (QED) is 0.417. The van der Waals surface area contributed by atoms with Crippen LogP contribution in [0.1, 0.15) is 18.9 Å². The zero-order valence-electron chi connectivity index (χ0n) is 11.2. The Morgan fingerprint density at radius 1 is 1.40 bits per heavy atom. The molecule has 0 fully saturated rings. The molecular formula is C13H18N4O2S. The van der Waals surface area contributed by atoms with Gasteiger partial charge in [-0.15, -0.1) is 0 Å². The molecule has 0 aromatic heterocycles. The monoisotopic (exact) mass is 294 g/mol. The van der Waals surface area contributed by atoms with Gasteiger partial charge in [0.2, 0.25) is 0 Å². The van der Waals surface area contributed by atoms with E-state index >= 15 is 0 Å². The van der Waals surface area contributed by atoms with Gasteiger partial charge < -0.3 is 16.2 Å².